The van der Waals surface area contributed by atoms with E-state index in [2.05, 4.69) is 30.4 Å². The van der Waals surface area contributed by atoms with Crippen LogP contribution in [0.2, 0.25) is 0 Å². The number of benzene rings is 1. The summed E-state index contributed by atoms with van der Waals surface area (Å²) in [5.74, 6) is 0.529. The molecular formula is C15H21NO2. The van der Waals surface area contributed by atoms with E-state index in [9.17, 15) is 5.11 Å². The van der Waals surface area contributed by atoms with Gasteiger partial charge in [0.25, 0.3) is 0 Å². The first-order valence-electron chi connectivity index (χ1n) is 6.86. The zero-order chi connectivity index (χ0) is 12.5. The highest BCUT2D eigenvalue weighted by Crippen LogP contribution is 2.33. The third-order valence-corrected chi connectivity index (χ3v) is 4.29. The van der Waals surface area contributed by atoms with Crippen molar-refractivity contribution in [1.29, 1.82) is 0 Å². The molecule has 0 aromatic heterocycles. The second kappa shape index (κ2) is 4.90. The lowest BCUT2D eigenvalue weighted by atomic mass is 9.82. The Morgan fingerprint density at radius 3 is 2.83 bits per heavy atom. The molecule has 2 aliphatic rings. The van der Waals surface area contributed by atoms with Crippen molar-refractivity contribution in [3.63, 3.8) is 0 Å². The molecule has 0 bridgehead atoms. The van der Waals surface area contributed by atoms with E-state index in [4.69, 9.17) is 4.74 Å². The lowest BCUT2D eigenvalue weighted by molar-refractivity contribution is 0.0348. The lowest BCUT2D eigenvalue weighted by Gasteiger charge is -2.39. The van der Waals surface area contributed by atoms with Crippen LogP contribution >= 0.6 is 0 Å². The van der Waals surface area contributed by atoms with Crippen LogP contribution in [0.4, 0.5) is 5.69 Å². The minimum atomic E-state index is -0.276. The molecule has 1 fully saturated rings. The summed E-state index contributed by atoms with van der Waals surface area (Å²) in [7, 11) is 0. The van der Waals surface area contributed by atoms with Crippen LogP contribution in [0.1, 0.15) is 24.0 Å². The van der Waals surface area contributed by atoms with E-state index in [1.54, 1.807) is 0 Å². The molecule has 1 aromatic rings. The van der Waals surface area contributed by atoms with Crippen LogP contribution < -0.4 is 5.32 Å². The fraction of sp³-hybridized carbons (Fsp3) is 0.600. The molecule has 2 unspecified atom stereocenters. The van der Waals surface area contributed by atoms with Crippen LogP contribution in [0.15, 0.2) is 18.2 Å². The summed E-state index contributed by atoms with van der Waals surface area (Å²) in [5, 5.41) is 13.9. The van der Waals surface area contributed by atoms with Gasteiger partial charge in [0, 0.05) is 25.3 Å². The molecule has 3 heteroatoms. The highest BCUT2D eigenvalue weighted by Gasteiger charge is 2.33. The van der Waals surface area contributed by atoms with Gasteiger partial charge in [-0.15, -0.1) is 0 Å². The maximum absolute atomic E-state index is 10.4. The van der Waals surface area contributed by atoms with Crippen molar-refractivity contribution in [3.8, 4) is 0 Å². The Labute approximate surface area is 108 Å². The number of aliphatic hydroxyl groups excluding tert-OH is 1. The van der Waals surface area contributed by atoms with E-state index in [-0.39, 0.29) is 12.1 Å². The number of ether oxygens (including phenoxy) is 1. The van der Waals surface area contributed by atoms with E-state index in [0.29, 0.717) is 5.92 Å². The zero-order valence-electron chi connectivity index (χ0n) is 10.9. The van der Waals surface area contributed by atoms with Gasteiger partial charge in [0.15, 0.2) is 0 Å². The molecule has 0 spiro atoms. The fourth-order valence-electron chi connectivity index (χ4n) is 3.23. The van der Waals surface area contributed by atoms with E-state index in [1.165, 1.54) is 16.8 Å². The Kier molecular flexibility index (Phi) is 3.27. The molecule has 2 heterocycles. The Bertz CT molecular complexity index is 427. The minimum absolute atomic E-state index is 0.183. The van der Waals surface area contributed by atoms with Crippen LogP contribution in [-0.4, -0.2) is 30.5 Å². The molecule has 1 saturated heterocycles. The van der Waals surface area contributed by atoms with E-state index < -0.39 is 0 Å². The number of anilines is 1. The average Bonchev–Trinajstić information content (AvgIpc) is 2.39. The number of aliphatic hydroxyl groups is 1. The molecule has 2 aliphatic heterocycles. The summed E-state index contributed by atoms with van der Waals surface area (Å²) in [6, 6.07) is 6.49. The molecule has 3 rings (SSSR count). The number of nitrogens with one attached hydrogen (secondary N) is 1. The summed E-state index contributed by atoms with van der Waals surface area (Å²) in [4.78, 5) is 0. The van der Waals surface area contributed by atoms with Crippen LogP contribution in [-0.2, 0) is 11.2 Å². The fourth-order valence-corrected chi connectivity index (χ4v) is 3.23. The summed E-state index contributed by atoms with van der Waals surface area (Å²) >= 11 is 0. The van der Waals surface area contributed by atoms with Crippen LogP contribution in [0.3, 0.4) is 0 Å². The number of aryl methyl sites for hydroxylation is 1. The SMILES string of the molecule is Cc1cccc2c1NC(C1CCOCC1)C(O)C2. The number of hydrogen-bond acceptors (Lipinski definition) is 3. The maximum Gasteiger partial charge on any atom is 0.0784 e. The molecule has 2 N–H and O–H groups in total. The third-order valence-electron chi connectivity index (χ3n) is 4.29. The first-order chi connectivity index (χ1) is 8.75. The second-order valence-electron chi connectivity index (χ2n) is 5.50. The lowest BCUT2D eigenvalue weighted by Crippen LogP contribution is -2.46. The highest BCUT2D eigenvalue weighted by molar-refractivity contribution is 5.60. The van der Waals surface area contributed by atoms with E-state index >= 15 is 0 Å². The molecule has 2 atom stereocenters. The second-order valence-corrected chi connectivity index (χ2v) is 5.50. The molecule has 0 amide bonds. The molecule has 98 valence electrons. The van der Waals surface area contributed by atoms with Crippen molar-refractivity contribution in [3.05, 3.63) is 29.3 Å². The molecule has 0 saturated carbocycles. The Hall–Kier alpha value is -1.06. The predicted octanol–water partition coefficient (Wildman–Crippen LogP) is 2.12. The van der Waals surface area contributed by atoms with Gasteiger partial charge in [-0.2, -0.15) is 0 Å². The molecule has 3 nitrogen and oxygen atoms in total. The molecule has 1 aromatic carbocycles. The largest absolute Gasteiger partial charge is 0.391 e. The quantitative estimate of drug-likeness (QED) is 0.798. The first kappa shape index (κ1) is 12.0. The van der Waals surface area contributed by atoms with Gasteiger partial charge in [0.05, 0.1) is 12.1 Å². The van der Waals surface area contributed by atoms with Crippen molar-refractivity contribution < 1.29 is 9.84 Å². The number of hydrogen-bond donors (Lipinski definition) is 2. The van der Waals surface area contributed by atoms with Gasteiger partial charge in [0.1, 0.15) is 0 Å². The molecule has 18 heavy (non-hydrogen) atoms. The monoisotopic (exact) mass is 247 g/mol. The van der Waals surface area contributed by atoms with Crippen LogP contribution in [0.5, 0.6) is 0 Å². The number of para-hydroxylation sites is 1. The normalized spacial score (nSPS) is 28.6. The standard InChI is InChI=1S/C15H21NO2/c1-10-3-2-4-12-9-13(17)15(16-14(10)12)11-5-7-18-8-6-11/h2-4,11,13,15-17H,5-9H2,1H3. The minimum Gasteiger partial charge on any atom is -0.391 e. The maximum atomic E-state index is 10.4. The van der Waals surface area contributed by atoms with Crippen molar-refractivity contribution in [2.45, 2.75) is 38.3 Å². The Balaban J connectivity index is 1.84. The zero-order valence-corrected chi connectivity index (χ0v) is 10.9. The van der Waals surface area contributed by atoms with Crippen molar-refractivity contribution >= 4 is 5.69 Å². The number of rotatable bonds is 1. The highest BCUT2D eigenvalue weighted by atomic mass is 16.5. The molecule has 0 radical (unpaired) electrons. The predicted molar refractivity (Wildman–Crippen MR) is 71.8 cm³/mol. The van der Waals surface area contributed by atoms with Gasteiger partial charge in [0.2, 0.25) is 0 Å². The van der Waals surface area contributed by atoms with Crippen molar-refractivity contribution in [2.24, 2.45) is 5.92 Å². The van der Waals surface area contributed by atoms with Gasteiger partial charge in [-0.25, -0.2) is 0 Å². The summed E-state index contributed by atoms with van der Waals surface area (Å²) < 4.78 is 5.41. The average molecular weight is 247 g/mol. The first-order valence-corrected chi connectivity index (χ1v) is 6.86. The number of fused-ring (bicyclic) bond motifs is 1. The van der Waals surface area contributed by atoms with Crippen LogP contribution in [0, 0.1) is 12.8 Å². The van der Waals surface area contributed by atoms with Crippen molar-refractivity contribution in [1.82, 2.24) is 0 Å². The molecule has 0 aliphatic carbocycles. The van der Waals surface area contributed by atoms with Crippen molar-refractivity contribution in [2.75, 3.05) is 18.5 Å². The third kappa shape index (κ3) is 2.13. The topological polar surface area (TPSA) is 41.5 Å². The van der Waals surface area contributed by atoms with E-state index in [1.807, 2.05) is 0 Å². The van der Waals surface area contributed by atoms with Gasteiger partial charge >= 0.3 is 0 Å². The van der Waals surface area contributed by atoms with Gasteiger partial charge in [-0.1, -0.05) is 18.2 Å². The molecular weight excluding hydrogens is 226 g/mol. The Morgan fingerprint density at radius 2 is 2.06 bits per heavy atom. The summed E-state index contributed by atoms with van der Waals surface area (Å²) in [6.45, 7) is 3.79. The van der Waals surface area contributed by atoms with E-state index in [0.717, 1.165) is 32.5 Å². The van der Waals surface area contributed by atoms with Gasteiger partial charge in [-0.3, -0.25) is 0 Å². The summed E-state index contributed by atoms with van der Waals surface area (Å²) in [6.07, 6.45) is 2.60. The Morgan fingerprint density at radius 1 is 1.28 bits per heavy atom. The summed E-state index contributed by atoms with van der Waals surface area (Å²) in [5.41, 5.74) is 3.75. The van der Waals surface area contributed by atoms with Gasteiger partial charge in [-0.05, 0) is 36.8 Å². The van der Waals surface area contributed by atoms with Crippen LogP contribution in [0.25, 0.3) is 0 Å². The van der Waals surface area contributed by atoms with Gasteiger partial charge < -0.3 is 15.2 Å². The smallest absolute Gasteiger partial charge is 0.0784 e.